The lowest BCUT2D eigenvalue weighted by Gasteiger charge is -2.22. The highest BCUT2D eigenvalue weighted by Crippen LogP contribution is 2.18. The van der Waals surface area contributed by atoms with Crippen LogP contribution in [0.4, 0.5) is 19.0 Å². The van der Waals surface area contributed by atoms with Crippen molar-refractivity contribution in [1.29, 1.82) is 0 Å². The van der Waals surface area contributed by atoms with Crippen molar-refractivity contribution in [3.05, 3.63) is 23.6 Å². The SMILES string of the molecule is CCOCCN(CC)c1nc(F)c(F)cc1F. The normalized spacial score (nSPS) is 10.6. The minimum Gasteiger partial charge on any atom is -0.380 e. The Morgan fingerprint density at radius 2 is 1.94 bits per heavy atom. The van der Waals surface area contributed by atoms with E-state index < -0.39 is 17.6 Å². The van der Waals surface area contributed by atoms with Gasteiger partial charge in [-0.2, -0.15) is 9.37 Å². The van der Waals surface area contributed by atoms with E-state index in [1.54, 1.807) is 6.92 Å². The largest absolute Gasteiger partial charge is 0.380 e. The maximum atomic E-state index is 13.4. The highest BCUT2D eigenvalue weighted by atomic mass is 19.2. The predicted molar refractivity (Wildman–Crippen MR) is 58.5 cm³/mol. The number of hydrogen-bond acceptors (Lipinski definition) is 3. The van der Waals surface area contributed by atoms with E-state index in [0.29, 0.717) is 32.4 Å². The highest BCUT2D eigenvalue weighted by molar-refractivity contribution is 5.39. The molecule has 0 bridgehead atoms. The average Bonchev–Trinajstić information content (AvgIpc) is 2.30. The van der Waals surface area contributed by atoms with Crippen LogP contribution in [-0.2, 0) is 4.74 Å². The molecule has 0 spiro atoms. The summed E-state index contributed by atoms with van der Waals surface area (Å²) in [6, 6.07) is 0.501. The summed E-state index contributed by atoms with van der Waals surface area (Å²) in [6.07, 6.45) is 0. The van der Waals surface area contributed by atoms with Crippen LogP contribution >= 0.6 is 0 Å². The quantitative estimate of drug-likeness (QED) is 0.571. The van der Waals surface area contributed by atoms with E-state index in [2.05, 4.69) is 4.98 Å². The summed E-state index contributed by atoms with van der Waals surface area (Å²) in [7, 11) is 0. The molecule has 0 saturated carbocycles. The van der Waals surface area contributed by atoms with Crippen LogP contribution in [0.2, 0.25) is 0 Å². The van der Waals surface area contributed by atoms with E-state index >= 15 is 0 Å². The first kappa shape index (κ1) is 13.8. The smallest absolute Gasteiger partial charge is 0.251 e. The zero-order chi connectivity index (χ0) is 12.8. The van der Waals surface area contributed by atoms with E-state index in [1.807, 2.05) is 6.92 Å². The Labute approximate surface area is 98.2 Å². The van der Waals surface area contributed by atoms with Gasteiger partial charge < -0.3 is 9.64 Å². The fourth-order valence-electron chi connectivity index (χ4n) is 1.39. The van der Waals surface area contributed by atoms with Crippen LogP contribution in [0.3, 0.4) is 0 Å². The second-order valence-corrected chi connectivity index (χ2v) is 3.34. The average molecular weight is 248 g/mol. The Morgan fingerprint density at radius 1 is 1.24 bits per heavy atom. The lowest BCUT2D eigenvalue weighted by atomic mass is 10.3. The van der Waals surface area contributed by atoms with Crippen LogP contribution in [0.5, 0.6) is 0 Å². The van der Waals surface area contributed by atoms with Crippen LogP contribution in [0.25, 0.3) is 0 Å². The molecular formula is C11H15F3N2O. The molecule has 0 radical (unpaired) electrons. The van der Waals surface area contributed by atoms with E-state index in [4.69, 9.17) is 4.74 Å². The van der Waals surface area contributed by atoms with Crippen LogP contribution in [0.1, 0.15) is 13.8 Å². The van der Waals surface area contributed by atoms with Gasteiger partial charge in [0.05, 0.1) is 6.61 Å². The summed E-state index contributed by atoms with van der Waals surface area (Å²) < 4.78 is 44.2. The lowest BCUT2D eigenvalue weighted by molar-refractivity contribution is 0.153. The first-order valence-corrected chi connectivity index (χ1v) is 5.44. The molecule has 0 aliphatic rings. The van der Waals surface area contributed by atoms with Gasteiger partial charge in [0.2, 0.25) is 0 Å². The number of rotatable bonds is 6. The van der Waals surface area contributed by atoms with Crippen molar-refractivity contribution in [2.45, 2.75) is 13.8 Å². The molecule has 0 unspecified atom stereocenters. The van der Waals surface area contributed by atoms with E-state index in [9.17, 15) is 13.2 Å². The number of pyridine rings is 1. The molecule has 1 rings (SSSR count). The first-order chi connectivity index (χ1) is 8.10. The third kappa shape index (κ3) is 3.59. The Bertz CT molecular complexity index is 374. The fourth-order valence-corrected chi connectivity index (χ4v) is 1.39. The monoisotopic (exact) mass is 248 g/mol. The van der Waals surface area contributed by atoms with Crippen molar-refractivity contribution < 1.29 is 17.9 Å². The highest BCUT2D eigenvalue weighted by Gasteiger charge is 2.16. The van der Waals surface area contributed by atoms with Gasteiger partial charge in [-0.15, -0.1) is 0 Å². The lowest BCUT2D eigenvalue weighted by Crippen LogP contribution is -2.29. The third-order valence-electron chi connectivity index (χ3n) is 2.26. The van der Waals surface area contributed by atoms with Crippen molar-refractivity contribution in [2.75, 3.05) is 31.2 Å². The molecule has 0 amide bonds. The second kappa shape index (κ2) is 6.44. The Kier molecular flexibility index (Phi) is 5.21. The number of halogens is 3. The molecule has 1 aromatic rings. The zero-order valence-corrected chi connectivity index (χ0v) is 9.84. The number of anilines is 1. The number of hydrogen-bond donors (Lipinski definition) is 0. The fraction of sp³-hybridized carbons (Fsp3) is 0.545. The molecule has 0 aliphatic carbocycles. The van der Waals surface area contributed by atoms with Gasteiger partial charge in [0.15, 0.2) is 17.5 Å². The molecule has 0 atom stereocenters. The van der Waals surface area contributed by atoms with Crippen molar-refractivity contribution >= 4 is 5.82 Å². The maximum absolute atomic E-state index is 13.4. The van der Waals surface area contributed by atoms with Crippen molar-refractivity contribution in [1.82, 2.24) is 4.98 Å². The zero-order valence-electron chi connectivity index (χ0n) is 9.84. The van der Waals surface area contributed by atoms with Gasteiger partial charge in [0, 0.05) is 25.8 Å². The summed E-state index contributed by atoms with van der Waals surface area (Å²) in [5.74, 6) is -3.64. The number of aromatic nitrogens is 1. The molecule has 0 aromatic carbocycles. The summed E-state index contributed by atoms with van der Waals surface area (Å²) >= 11 is 0. The number of ether oxygens (including phenoxy) is 1. The second-order valence-electron chi connectivity index (χ2n) is 3.34. The molecule has 0 N–H and O–H groups in total. The van der Waals surface area contributed by atoms with Gasteiger partial charge in [0.25, 0.3) is 5.95 Å². The molecule has 0 aliphatic heterocycles. The molecule has 1 aromatic heterocycles. The topological polar surface area (TPSA) is 25.4 Å². The van der Waals surface area contributed by atoms with Gasteiger partial charge >= 0.3 is 0 Å². The Balaban J connectivity index is 2.84. The molecule has 1 heterocycles. The molecule has 17 heavy (non-hydrogen) atoms. The minimum absolute atomic E-state index is 0.189. The van der Waals surface area contributed by atoms with Gasteiger partial charge in [-0.25, -0.2) is 8.78 Å². The molecule has 3 nitrogen and oxygen atoms in total. The van der Waals surface area contributed by atoms with E-state index in [-0.39, 0.29) is 5.82 Å². The number of likely N-dealkylation sites (N-methyl/N-ethyl adjacent to an activating group) is 1. The third-order valence-corrected chi connectivity index (χ3v) is 2.26. The Hall–Kier alpha value is -1.30. The van der Waals surface area contributed by atoms with E-state index in [1.165, 1.54) is 4.90 Å². The standard InChI is InChI=1S/C11H15F3N2O/c1-3-16(5-6-17-4-2)11-9(13)7-8(12)10(14)15-11/h7H,3-6H2,1-2H3. The van der Waals surface area contributed by atoms with Gasteiger partial charge in [-0.3, -0.25) is 0 Å². The summed E-state index contributed by atoms with van der Waals surface area (Å²) in [5, 5.41) is 0. The first-order valence-electron chi connectivity index (χ1n) is 5.44. The molecular weight excluding hydrogens is 233 g/mol. The summed E-state index contributed by atoms with van der Waals surface area (Å²) in [5.41, 5.74) is 0. The molecule has 0 fully saturated rings. The maximum Gasteiger partial charge on any atom is 0.251 e. The van der Waals surface area contributed by atoms with Crippen LogP contribution in [0, 0.1) is 17.6 Å². The van der Waals surface area contributed by atoms with E-state index in [0.717, 1.165) is 0 Å². The summed E-state index contributed by atoms with van der Waals surface area (Å²) in [6.45, 7) is 5.35. The predicted octanol–water partition coefficient (Wildman–Crippen LogP) is 2.36. The van der Waals surface area contributed by atoms with Crippen molar-refractivity contribution in [3.8, 4) is 0 Å². The molecule has 0 saturated heterocycles. The van der Waals surface area contributed by atoms with Gasteiger partial charge in [-0.1, -0.05) is 0 Å². The van der Waals surface area contributed by atoms with Crippen molar-refractivity contribution in [3.63, 3.8) is 0 Å². The van der Waals surface area contributed by atoms with Crippen LogP contribution in [0.15, 0.2) is 6.07 Å². The number of nitrogens with zero attached hydrogens (tertiary/aromatic N) is 2. The molecule has 96 valence electrons. The van der Waals surface area contributed by atoms with Crippen LogP contribution < -0.4 is 4.90 Å². The minimum atomic E-state index is -1.30. The van der Waals surface area contributed by atoms with Gasteiger partial charge in [-0.05, 0) is 13.8 Å². The van der Waals surface area contributed by atoms with Crippen molar-refractivity contribution in [2.24, 2.45) is 0 Å². The summed E-state index contributed by atoms with van der Waals surface area (Å²) in [4.78, 5) is 4.77. The Morgan fingerprint density at radius 3 is 2.53 bits per heavy atom. The van der Waals surface area contributed by atoms with Crippen LogP contribution in [-0.4, -0.2) is 31.3 Å². The van der Waals surface area contributed by atoms with Gasteiger partial charge in [0.1, 0.15) is 0 Å². The molecule has 6 heteroatoms.